The number of aromatic nitrogens is 4. The second kappa shape index (κ2) is 10.6. The molecule has 3 N–H and O–H groups in total. The number of hydrogen-bond donors (Lipinski definition) is 3. The first-order valence-corrected chi connectivity index (χ1v) is 13.0. The van der Waals surface area contributed by atoms with E-state index in [-0.39, 0.29) is 0 Å². The fourth-order valence-corrected chi connectivity index (χ4v) is 5.05. The second-order valence-corrected chi connectivity index (χ2v) is 9.71. The maximum Gasteiger partial charge on any atom is 0.289 e. The van der Waals surface area contributed by atoms with Gasteiger partial charge in [-0.2, -0.15) is 0 Å². The van der Waals surface area contributed by atoms with Crippen LogP contribution >= 0.6 is 0 Å². The quantitative estimate of drug-likeness (QED) is 0.241. The van der Waals surface area contributed by atoms with Crippen molar-refractivity contribution in [3.05, 3.63) is 72.1 Å². The minimum absolute atomic E-state index is 0.959. The van der Waals surface area contributed by atoms with Gasteiger partial charge in [0.05, 0.1) is 18.3 Å². The molecule has 0 radical (unpaired) electrons. The lowest BCUT2D eigenvalue weighted by molar-refractivity contribution is -0.646. The fraction of sp³-hybridized carbons (Fsp3) is 0.345. The molecule has 5 rings (SSSR count). The van der Waals surface area contributed by atoms with Crippen molar-refractivity contribution in [2.24, 2.45) is 7.05 Å². The summed E-state index contributed by atoms with van der Waals surface area (Å²) >= 11 is 0. The molecule has 4 heterocycles. The molecule has 37 heavy (non-hydrogen) atoms. The molecule has 4 aromatic rings. The molecule has 0 saturated heterocycles. The van der Waals surface area contributed by atoms with Crippen LogP contribution < -0.4 is 25.2 Å². The number of hydrazine groups is 1. The predicted octanol–water partition coefficient (Wildman–Crippen LogP) is 3.79. The lowest BCUT2D eigenvalue weighted by Gasteiger charge is -2.27. The molecule has 0 spiro atoms. The molecule has 1 aliphatic rings. The first-order valence-electron chi connectivity index (χ1n) is 13.0. The molecule has 0 saturated carbocycles. The summed E-state index contributed by atoms with van der Waals surface area (Å²) in [5, 5.41) is 5.28. The molecule has 8 nitrogen and oxygen atoms in total. The third-order valence-electron chi connectivity index (χ3n) is 7.20. The number of aryl methyl sites for hydroxylation is 2. The van der Waals surface area contributed by atoms with Crippen molar-refractivity contribution >= 4 is 28.1 Å². The standard InChI is InChI=1S/C29H36N8/c1-6-20-15-22(18-31-17-20)21-9-10-26-23(16-21)24(19-33-37(26)5)28-34-25-11-13-32-29(27(25)36(28)4)35(3)14-8-7-12-30-2/h9-11,13,15-19,30H,6-8,12,14H2,1-5H3,(H,32,33,34)/p+1. The van der Waals surface area contributed by atoms with Gasteiger partial charge in [0.25, 0.3) is 5.82 Å². The van der Waals surface area contributed by atoms with Crippen LogP contribution in [0.5, 0.6) is 0 Å². The summed E-state index contributed by atoms with van der Waals surface area (Å²) in [6, 6.07) is 10.9. The Bertz CT molecular complexity index is 1440. The Balaban J connectivity index is 1.56. The van der Waals surface area contributed by atoms with Crippen LogP contribution in [-0.2, 0) is 13.5 Å². The maximum atomic E-state index is 4.77. The number of H-pyrrole nitrogens is 1. The fourth-order valence-electron chi connectivity index (χ4n) is 5.05. The van der Waals surface area contributed by atoms with Gasteiger partial charge in [-0.15, -0.1) is 0 Å². The largest absolute Gasteiger partial charge is 0.356 e. The molecule has 0 unspecified atom stereocenters. The Hall–Kier alpha value is -3.91. The van der Waals surface area contributed by atoms with Gasteiger partial charge in [0.15, 0.2) is 11.3 Å². The van der Waals surface area contributed by atoms with Crippen LogP contribution in [0.1, 0.15) is 36.7 Å². The average molecular weight is 498 g/mol. The van der Waals surface area contributed by atoms with E-state index in [1.54, 1.807) is 0 Å². The zero-order valence-corrected chi connectivity index (χ0v) is 22.5. The molecular formula is C29H37N8+. The van der Waals surface area contributed by atoms with Gasteiger partial charge in [-0.3, -0.25) is 9.99 Å². The van der Waals surface area contributed by atoms with Crippen LogP contribution in [0.2, 0.25) is 0 Å². The van der Waals surface area contributed by atoms with E-state index in [9.17, 15) is 0 Å². The Labute approximate surface area is 219 Å². The highest BCUT2D eigenvalue weighted by Crippen LogP contribution is 2.36. The third-order valence-corrected chi connectivity index (χ3v) is 7.20. The minimum atomic E-state index is 0.959. The summed E-state index contributed by atoms with van der Waals surface area (Å²) in [5.41, 5.74) is 12.5. The van der Waals surface area contributed by atoms with E-state index in [0.29, 0.717) is 0 Å². The van der Waals surface area contributed by atoms with Crippen molar-refractivity contribution in [3.63, 3.8) is 0 Å². The summed E-state index contributed by atoms with van der Waals surface area (Å²) in [6.07, 6.45) is 11.1. The maximum absolute atomic E-state index is 4.77. The van der Waals surface area contributed by atoms with Crippen molar-refractivity contribution in [3.8, 4) is 11.1 Å². The second-order valence-electron chi connectivity index (χ2n) is 9.71. The van der Waals surface area contributed by atoms with Crippen molar-refractivity contribution in [2.45, 2.75) is 26.2 Å². The van der Waals surface area contributed by atoms with Crippen molar-refractivity contribution in [1.82, 2.24) is 25.7 Å². The lowest BCUT2D eigenvalue weighted by Crippen LogP contribution is -2.37. The van der Waals surface area contributed by atoms with E-state index < -0.39 is 0 Å². The monoisotopic (exact) mass is 497 g/mol. The van der Waals surface area contributed by atoms with E-state index in [4.69, 9.17) is 4.98 Å². The van der Waals surface area contributed by atoms with Gasteiger partial charge < -0.3 is 15.6 Å². The molecule has 0 bridgehead atoms. The van der Waals surface area contributed by atoms with Gasteiger partial charge in [0, 0.05) is 62.6 Å². The predicted molar refractivity (Wildman–Crippen MR) is 151 cm³/mol. The molecule has 0 fully saturated rings. The van der Waals surface area contributed by atoms with Gasteiger partial charge in [-0.25, -0.2) is 14.5 Å². The Morgan fingerprint density at radius 1 is 1.11 bits per heavy atom. The number of benzene rings is 1. The van der Waals surface area contributed by atoms with Crippen LogP contribution in [0.15, 0.2) is 55.1 Å². The number of rotatable bonds is 9. The van der Waals surface area contributed by atoms with Crippen molar-refractivity contribution in [1.29, 1.82) is 0 Å². The smallest absolute Gasteiger partial charge is 0.289 e. The average Bonchev–Trinajstić information content (AvgIpc) is 3.27. The summed E-state index contributed by atoms with van der Waals surface area (Å²) in [6.45, 7) is 4.15. The van der Waals surface area contributed by atoms with Crippen molar-refractivity contribution < 1.29 is 4.57 Å². The summed E-state index contributed by atoms with van der Waals surface area (Å²) in [5.74, 6) is 2.03. The van der Waals surface area contributed by atoms with Gasteiger partial charge >= 0.3 is 0 Å². The van der Waals surface area contributed by atoms with Crippen LogP contribution in [-0.4, -0.2) is 49.2 Å². The number of nitrogens with one attached hydrogen (secondary N) is 3. The lowest BCUT2D eigenvalue weighted by atomic mass is 9.96. The van der Waals surface area contributed by atoms with Gasteiger partial charge in [0.1, 0.15) is 0 Å². The van der Waals surface area contributed by atoms with Gasteiger partial charge in [-0.1, -0.05) is 13.0 Å². The summed E-state index contributed by atoms with van der Waals surface area (Å²) in [4.78, 5) is 15.2. The Kier molecular flexibility index (Phi) is 7.10. The number of nitrogens with zero attached hydrogens (tertiary/aromatic N) is 5. The number of anilines is 2. The molecule has 1 aliphatic heterocycles. The van der Waals surface area contributed by atoms with Crippen molar-refractivity contribution in [2.75, 3.05) is 44.1 Å². The Morgan fingerprint density at radius 3 is 2.78 bits per heavy atom. The highest BCUT2D eigenvalue weighted by Gasteiger charge is 2.29. The molecule has 0 aliphatic carbocycles. The zero-order chi connectivity index (χ0) is 25.9. The molecule has 192 valence electrons. The molecule has 3 aromatic heterocycles. The summed E-state index contributed by atoms with van der Waals surface area (Å²) < 4.78 is 2.23. The van der Waals surface area contributed by atoms with Gasteiger partial charge in [-0.05, 0) is 62.2 Å². The number of unbranched alkanes of at least 4 members (excludes halogenated alkanes) is 1. The number of pyridine rings is 2. The van der Waals surface area contributed by atoms with E-state index in [0.717, 1.165) is 83.0 Å². The van der Waals surface area contributed by atoms with E-state index in [2.05, 4.69) is 92.7 Å². The van der Waals surface area contributed by atoms with Crippen LogP contribution in [0, 0.1) is 0 Å². The third kappa shape index (κ3) is 4.76. The molecular weight excluding hydrogens is 460 g/mol. The van der Waals surface area contributed by atoms with E-state index >= 15 is 0 Å². The number of fused-ring (bicyclic) bond motifs is 2. The van der Waals surface area contributed by atoms with Crippen LogP contribution in [0.25, 0.3) is 27.7 Å². The molecule has 0 amide bonds. The zero-order valence-electron chi connectivity index (χ0n) is 22.5. The van der Waals surface area contributed by atoms with Gasteiger partial charge in [0.2, 0.25) is 5.52 Å². The normalized spacial score (nSPS) is 12.9. The highest BCUT2D eigenvalue weighted by atomic mass is 15.5. The molecule has 8 heteroatoms. The number of hydrogen-bond acceptors (Lipinski definition) is 6. The topological polar surface area (TPSA) is 76.0 Å². The Morgan fingerprint density at radius 2 is 1.97 bits per heavy atom. The first-order chi connectivity index (χ1) is 18.0. The molecule has 1 aromatic carbocycles. The number of aromatic amines is 1. The van der Waals surface area contributed by atoms with E-state index in [1.807, 2.05) is 32.7 Å². The van der Waals surface area contributed by atoms with Crippen LogP contribution in [0.3, 0.4) is 0 Å². The highest BCUT2D eigenvalue weighted by molar-refractivity contribution is 5.90. The molecule has 0 atom stereocenters. The van der Waals surface area contributed by atoms with Crippen LogP contribution in [0.4, 0.5) is 11.5 Å². The SMILES string of the molecule is CCc1cncc(-c2ccc3c(c2)C(c2[nH]c4ccnc(N(C)CCCCNC)c4[n+]2C)=CNN3C)c1. The first kappa shape index (κ1) is 24.8. The summed E-state index contributed by atoms with van der Waals surface area (Å²) in [7, 11) is 8.29. The van der Waals surface area contributed by atoms with E-state index in [1.165, 1.54) is 5.56 Å². The number of imidazole rings is 1. The minimum Gasteiger partial charge on any atom is -0.356 e.